The van der Waals surface area contributed by atoms with Crippen LogP contribution < -0.4 is 21.5 Å². The fraction of sp³-hybridized carbons (Fsp3) is 0.326. The number of ether oxygens (including phenoxy) is 1. The van der Waals surface area contributed by atoms with Gasteiger partial charge in [0.25, 0.3) is 0 Å². The fourth-order valence-corrected chi connectivity index (χ4v) is 6.93. The molecule has 2 amide bonds. The number of aromatic amines is 1. The molecule has 2 heterocycles. The van der Waals surface area contributed by atoms with Gasteiger partial charge in [-0.1, -0.05) is 60.7 Å². The molecular weight excluding hydrogens is 683 g/mol. The van der Waals surface area contributed by atoms with Crippen molar-refractivity contribution in [3.8, 4) is 16.9 Å². The van der Waals surface area contributed by atoms with E-state index in [-0.39, 0.29) is 29.9 Å². The Bertz CT molecular complexity index is 2110. The number of benzene rings is 4. The van der Waals surface area contributed by atoms with Crippen molar-refractivity contribution in [1.82, 2.24) is 10.3 Å². The number of phenolic OH excluding ortho intramolecular Hbond substituents is 1. The monoisotopic (exact) mass is 732 g/mol. The lowest BCUT2D eigenvalue weighted by Crippen LogP contribution is -2.48. The summed E-state index contributed by atoms with van der Waals surface area (Å²) in [5.41, 5.74) is 6.00. The van der Waals surface area contributed by atoms with E-state index in [1.54, 1.807) is 12.1 Å². The van der Waals surface area contributed by atoms with E-state index in [1.165, 1.54) is 12.1 Å². The summed E-state index contributed by atoms with van der Waals surface area (Å²) in [4.78, 5) is 40.1. The molecule has 6 rings (SSSR count). The first-order chi connectivity index (χ1) is 26.0. The van der Waals surface area contributed by atoms with Crippen LogP contribution in [0.1, 0.15) is 54.9 Å². The van der Waals surface area contributed by atoms with Gasteiger partial charge in [0, 0.05) is 55.1 Å². The molecule has 282 valence electrons. The number of carbonyl (C=O) groups is 2. The number of hydrogen-bond acceptors (Lipinski definition) is 7. The molecule has 5 aromatic rings. The Morgan fingerprint density at radius 2 is 1.63 bits per heavy atom. The van der Waals surface area contributed by atoms with Crippen molar-refractivity contribution in [2.24, 2.45) is 0 Å². The Labute approximate surface area is 315 Å². The maximum Gasteiger partial charge on any atom is 0.411 e. The first kappa shape index (κ1) is 38.2. The molecule has 0 spiro atoms. The molecule has 0 unspecified atom stereocenters. The number of H-pyrrole nitrogens is 1. The minimum absolute atomic E-state index is 0.0507. The Morgan fingerprint density at radius 3 is 2.39 bits per heavy atom. The third kappa shape index (κ3) is 10.3. The number of aryl methyl sites for hydroxylation is 1. The second-order valence-electron chi connectivity index (χ2n) is 14.7. The molecule has 0 radical (unpaired) electrons. The van der Waals surface area contributed by atoms with Gasteiger partial charge in [-0.2, -0.15) is 0 Å². The highest BCUT2D eigenvalue weighted by atomic mass is 16.6. The number of nitrogens with one attached hydrogen (secondary N) is 4. The van der Waals surface area contributed by atoms with Crippen molar-refractivity contribution in [3.63, 3.8) is 0 Å². The number of unbranched alkanes of at least 4 members (excludes halogenated alkanes) is 1. The van der Waals surface area contributed by atoms with E-state index in [4.69, 9.17) is 4.74 Å². The topological polar surface area (TPSA) is 153 Å². The van der Waals surface area contributed by atoms with Crippen LogP contribution in [0.25, 0.3) is 22.0 Å². The Kier molecular flexibility index (Phi) is 12.4. The number of phenols is 1. The molecule has 0 saturated carbocycles. The summed E-state index contributed by atoms with van der Waals surface area (Å²) in [7, 11) is 4.40. The molecule has 11 nitrogen and oxygen atoms in total. The molecule has 1 aliphatic heterocycles. The van der Waals surface area contributed by atoms with Crippen molar-refractivity contribution >= 4 is 34.3 Å². The summed E-state index contributed by atoms with van der Waals surface area (Å²) in [6, 6.07) is 29.7. The molecule has 6 N–H and O–H groups in total. The van der Waals surface area contributed by atoms with Gasteiger partial charge in [-0.15, -0.1) is 0 Å². The summed E-state index contributed by atoms with van der Waals surface area (Å²) in [6.45, 7) is 2.72. The number of nitrogens with zero attached hydrogens (tertiary/aromatic N) is 1. The summed E-state index contributed by atoms with van der Waals surface area (Å²) >= 11 is 0. The quantitative estimate of drug-likeness (QED) is 0.0539. The van der Waals surface area contributed by atoms with Crippen LogP contribution in [0.3, 0.4) is 0 Å². The lowest BCUT2D eigenvalue weighted by Gasteiger charge is -2.36. The molecule has 1 aliphatic rings. The summed E-state index contributed by atoms with van der Waals surface area (Å²) < 4.78 is 6.77. The summed E-state index contributed by atoms with van der Waals surface area (Å²) in [5.74, 6) is -0.105. The molecule has 1 aromatic heterocycles. The molecule has 1 atom stereocenters. The lowest BCUT2D eigenvalue weighted by atomic mass is 9.99. The number of carbonyl (C=O) groups excluding carboxylic acids is 2. The van der Waals surface area contributed by atoms with Crippen molar-refractivity contribution in [2.75, 3.05) is 44.4 Å². The summed E-state index contributed by atoms with van der Waals surface area (Å²) in [6.07, 6.45) is 3.01. The van der Waals surface area contributed by atoms with Crippen LogP contribution in [0.2, 0.25) is 0 Å². The van der Waals surface area contributed by atoms with Crippen molar-refractivity contribution < 1.29 is 29.0 Å². The molecule has 54 heavy (non-hydrogen) atoms. The van der Waals surface area contributed by atoms with Gasteiger partial charge >= 0.3 is 6.09 Å². The van der Waals surface area contributed by atoms with Gasteiger partial charge in [0.2, 0.25) is 11.5 Å². The highest BCUT2D eigenvalue weighted by molar-refractivity contribution is 5.92. The van der Waals surface area contributed by atoms with E-state index in [0.717, 1.165) is 65.5 Å². The number of piperidine rings is 1. The Balaban J connectivity index is 0.949. The van der Waals surface area contributed by atoms with E-state index < -0.39 is 12.2 Å². The molecule has 4 aromatic carbocycles. The first-order valence-corrected chi connectivity index (χ1v) is 18.6. The van der Waals surface area contributed by atoms with Gasteiger partial charge < -0.3 is 35.1 Å². The molecule has 1 saturated heterocycles. The SMILES string of the molecule is C[N+]1(C)CCC(OC(=O)Nc2cc(CCCCC(=O)Nc3ccc(CNC[C@@H](O)c4ccc(O)c5[nH]c(=O)ccc45)cc3)ccc2-c2ccccc2)CC1. The Morgan fingerprint density at radius 1 is 0.889 bits per heavy atom. The zero-order valence-electron chi connectivity index (χ0n) is 30.9. The van der Waals surface area contributed by atoms with E-state index in [0.29, 0.717) is 47.2 Å². The highest BCUT2D eigenvalue weighted by Gasteiger charge is 2.28. The van der Waals surface area contributed by atoms with Crippen LogP contribution in [-0.2, 0) is 22.5 Å². The largest absolute Gasteiger partial charge is 0.506 e. The second kappa shape index (κ2) is 17.6. The van der Waals surface area contributed by atoms with Gasteiger partial charge in [0.1, 0.15) is 11.9 Å². The predicted octanol–water partition coefficient (Wildman–Crippen LogP) is 6.86. The normalized spacial score (nSPS) is 14.7. The fourth-order valence-electron chi connectivity index (χ4n) is 6.93. The van der Waals surface area contributed by atoms with Crippen LogP contribution >= 0.6 is 0 Å². The number of aliphatic hydroxyl groups excluding tert-OH is 1. The van der Waals surface area contributed by atoms with Crippen LogP contribution in [0.5, 0.6) is 5.75 Å². The molecular formula is C43H50N5O6+. The molecule has 11 heteroatoms. The third-order valence-corrected chi connectivity index (χ3v) is 10.1. The lowest BCUT2D eigenvalue weighted by molar-refractivity contribution is -0.896. The van der Waals surface area contributed by atoms with Crippen LogP contribution in [-0.4, -0.2) is 71.5 Å². The highest BCUT2D eigenvalue weighted by Crippen LogP contribution is 2.31. The average molecular weight is 733 g/mol. The number of quaternary nitrogens is 1. The zero-order chi connectivity index (χ0) is 38.1. The van der Waals surface area contributed by atoms with Gasteiger partial charge in [-0.25, -0.2) is 4.79 Å². The average Bonchev–Trinajstić information content (AvgIpc) is 3.16. The number of fused-ring (bicyclic) bond motifs is 1. The van der Waals surface area contributed by atoms with Crippen LogP contribution in [0.4, 0.5) is 16.2 Å². The van der Waals surface area contributed by atoms with E-state index in [1.807, 2.05) is 66.7 Å². The number of amides is 2. The number of anilines is 2. The number of pyridine rings is 1. The van der Waals surface area contributed by atoms with Crippen molar-refractivity contribution in [1.29, 1.82) is 0 Å². The van der Waals surface area contributed by atoms with Gasteiger partial charge in [-0.05, 0) is 71.8 Å². The molecule has 1 fully saturated rings. The van der Waals surface area contributed by atoms with E-state index in [2.05, 4.69) is 41.1 Å². The number of rotatable bonds is 14. The van der Waals surface area contributed by atoms with E-state index >= 15 is 0 Å². The maximum absolute atomic E-state index is 13.0. The third-order valence-electron chi connectivity index (χ3n) is 10.1. The molecule has 0 bridgehead atoms. The van der Waals surface area contributed by atoms with E-state index in [9.17, 15) is 24.6 Å². The number of aromatic hydroxyl groups is 1. The predicted molar refractivity (Wildman–Crippen MR) is 212 cm³/mol. The van der Waals surface area contributed by atoms with Crippen LogP contribution in [0.15, 0.2) is 102 Å². The van der Waals surface area contributed by atoms with Gasteiger partial charge in [-0.3, -0.25) is 14.9 Å². The number of likely N-dealkylation sites (tertiary alicyclic amines) is 1. The van der Waals surface area contributed by atoms with Gasteiger partial charge in [0.05, 0.1) is 44.5 Å². The van der Waals surface area contributed by atoms with Crippen LogP contribution in [0, 0.1) is 0 Å². The minimum atomic E-state index is -0.854. The van der Waals surface area contributed by atoms with Crippen molar-refractivity contribution in [3.05, 3.63) is 124 Å². The van der Waals surface area contributed by atoms with Crippen molar-refractivity contribution in [2.45, 2.75) is 57.3 Å². The number of hydrogen-bond donors (Lipinski definition) is 6. The second-order valence-corrected chi connectivity index (χ2v) is 14.7. The zero-order valence-corrected chi connectivity index (χ0v) is 30.9. The Hall–Kier alpha value is -5.49. The summed E-state index contributed by atoms with van der Waals surface area (Å²) in [5, 5.41) is 30.7. The first-order valence-electron chi connectivity index (χ1n) is 18.6. The number of aromatic nitrogens is 1. The standard InChI is InChI=1S/C43H49N5O6/c1-48(2)24-22-33(23-25-48)54-43(53)46-37-26-29(14-17-34(37)31-9-4-3-5-10-31)8-6-7-11-40(51)45-32-15-12-30(13-16-32)27-44-28-39(50)35-18-20-38(49)42-36(35)19-21-41(52)47-42/h3-5,9-10,12-21,26,33,39,44,50H,6-8,11,22-25,27-28H2,1-2H3,(H3-,45,46,47,49,51,52,53)/p+1/t39-/m1/s1. The molecule has 0 aliphatic carbocycles. The smallest absolute Gasteiger partial charge is 0.411 e. The number of aliphatic hydroxyl groups is 1. The maximum atomic E-state index is 13.0. The van der Waals surface area contributed by atoms with Gasteiger partial charge in [0.15, 0.2) is 0 Å². The minimum Gasteiger partial charge on any atom is -0.506 e.